The maximum atomic E-state index is 10.5. The molecule has 0 heterocycles. The fourth-order valence-corrected chi connectivity index (χ4v) is 13.3. The molecule has 0 saturated carbocycles. The molecule has 0 N–H and O–H groups in total. The molecule has 0 aromatic heterocycles. The Labute approximate surface area is 402 Å². The van der Waals surface area contributed by atoms with Gasteiger partial charge in [-0.25, -0.2) is 0 Å². The van der Waals surface area contributed by atoms with E-state index >= 15 is 0 Å². The standard InChI is InChI=1S/C67H40N2/c68-41-43-29-33-53-55-39-59-45(37-63(55)65(61(53)35-43,47-17-5-1-6-18-47)48-19-7-2-8-20-48)31-32-46-38-64-56(40-60(46)67(59)57-27-15-13-25-51(57)52-26-14-16-28-58(52)67)54-34-30-44(42-69)36-62(54)66(64,49-21-9-3-10-22-49)50-23-11-4-12-24-50/h1-40H. The molecule has 0 fully saturated rings. The van der Waals surface area contributed by atoms with Crippen molar-refractivity contribution in [2.75, 3.05) is 0 Å². The summed E-state index contributed by atoms with van der Waals surface area (Å²) in [6, 6.07) is 89.0. The van der Waals surface area contributed by atoms with E-state index in [1.807, 2.05) is 12.1 Å². The minimum Gasteiger partial charge on any atom is -0.192 e. The van der Waals surface area contributed by atoms with Gasteiger partial charge in [0.05, 0.1) is 39.5 Å². The number of hydrogen-bond acceptors (Lipinski definition) is 2. The van der Waals surface area contributed by atoms with Gasteiger partial charge in [0.1, 0.15) is 0 Å². The normalized spacial score (nSPS) is 14.9. The topological polar surface area (TPSA) is 47.6 Å². The van der Waals surface area contributed by atoms with Crippen molar-refractivity contribution < 1.29 is 0 Å². The number of fused-ring (bicyclic) bond motifs is 15. The van der Waals surface area contributed by atoms with Crippen LogP contribution in [0.1, 0.15) is 89.0 Å². The van der Waals surface area contributed by atoms with Gasteiger partial charge in [-0.1, -0.05) is 194 Å². The number of nitriles is 2. The second-order valence-electron chi connectivity index (χ2n) is 18.9. The summed E-state index contributed by atoms with van der Waals surface area (Å²) in [6.07, 6.45) is 4.73. The molecule has 0 bridgehead atoms. The Morgan fingerprint density at radius 2 is 0.565 bits per heavy atom. The third-order valence-electron chi connectivity index (χ3n) is 15.9. The van der Waals surface area contributed by atoms with E-state index in [4.69, 9.17) is 0 Å². The predicted octanol–water partition coefficient (Wildman–Crippen LogP) is 15.0. The van der Waals surface area contributed by atoms with Crippen LogP contribution in [-0.4, -0.2) is 0 Å². The molecule has 0 aliphatic heterocycles. The van der Waals surface area contributed by atoms with Crippen molar-refractivity contribution in [2.45, 2.75) is 16.2 Å². The SMILES string of the molecule is N#Cc1ccc2c(c1)C(c1ccccc1)(c1ccccc1)c1cc3c(cc1-2)C1(c2cc4c(cc2C=C3)C(c2ccccc2)(c2ccccc2)c2cc(C#N)ccc2-4)c2ccccc2-c2ccccc21. The molecule has 0 radical (unpaired) electrons. The highest BCUT2D eigenvalue weighted by atomic mass is 14.5. The van der Waals surface area contributed by atoms with Crippen molar-refractivity contribution in [3.8, 4) is 45.5 Å². The monoisotopic (exact) mass is 872 g/mol. The number of nitrogens with zero attached hydrogens (tertiary/aromatic N) is 2. The summed E-state index contributed by atoms with van der Waals surface area (Å²) in [5.74, 6) is 0. The molecule has 0 amide bonds. The van der Waals surface area contributed by atoms with Gasteiger partial charge in [-0.2, -0.15) is 10.5 Å². The predicted molar refractivity (Wildman–Crippen MR) is 277 cm³/mol. The van der Waals surface area contributed by atoms with Gasteiger partial charge in [0.2, 0.25) is 0 Å². The molecule has 10 aromatic carbocycles. The van der Waals surface area contributed by atoms with Gasteiger partial charge in [0.25, 0.3) is 0 Å². The van der Waals surface area contributed by atoms with E-state index in [1.165, 1.54) is 55.6 Å². The van der Waals surface area contributed by atoms with Crippen LogP contribution in [0.3, 0.4) is 0 Å². The van der Waals surface area contributed by atoms with Gasteiger partial charge in [-0.15, -0.1) is 0 Å². The molecule has 2 heteroatoms. The summed E-state index contributed by atoms with van der Waals surface area (Å²) in [5.41, 5.74) is 22.7. The Kier molecular flexibility index (Phi) is 8.20. The molecule has 1 spiro atoms. The van der Waals surface area contributed by atoms with Crippen molar-refractivity contribution >= 4 is 12.2 Å². The lowest BCUT2D eigenvalue weighted by molar-refractivity contribution is 0.747. The van der Waals surface area contributed by atoms with Gasteiger partial charge in [-0.3, -0.25) is 0 Å². The van der Waals surface area contributed by atoms with Gasteiger partial charge in [0.15, 0.2) is 0 Å². The van der Waals surface area contributed by atoms with Crippen LogP contribution in [0.2, 0.25) is 0 Å². The van der Waals surface area contributed by atoms with E-state index in [-0.39, 0.29) is 0 Å². The first kappa shape index (κ1) is 39.1. The summed E-state index contributed by atoms with van der Waals surface area (Å²) in [5, 5.41) is 20.9. The average Bonchev–Trinajstić information content (AvgIpc) is 3.96. The van der Waals surface area contributed by atoms with Crippen LogP contribution in [0, 0.1) is 22.7 Å². The Morgan fingerprint density at radius 3 is 0.928 bits per heavy atom. The number of rotatable bonds is 4. The fraction of sp³-hybridized carbons (Fsp3) is 0.0448. The first-order valence-electron chi connectivity index (χ1n) is 23.7. The van der Waals surface area contributed by atoms with Crippen LogP contribution >= 0.6 is 0 Å². The van der Waals surface area contributed by atoms with E-state index in [0.29, 0.717) is 11.1 Å². The molecular weight excluding hydrogens is 833 g/mol. The maximum Gasteiger partial charge on any atom is 0.0991 e. The van der Waals surface area contributed by atoms with Crippen molar-refractivity contribution in [3.05, 3.63) is 320 Å². The third kappa shape index (κ3) is 4.97. The zero-order valence-corrected chi connectivity index (χ0v) is 37.5. The van der Waals surface area contributed by atoms with E-state index < -0.39 is 16.2 Å². The van der Waals surface area contributed by atoms with Crippen LogP contribution in [0.5, 0.6) is 0 Å². The molecule has 14 rings (SSSR count). The molecule has 2 nitrogen and oxygen atoms in total. The Hall–Kier alpha value is -9.08. The minimum atomic E-state index is -0.736. The molecule has 4 aliphatic carbocycles. The summed E-state index contributed by atoms with van der Waals surface area (Å²) in [6.45, 7) is 0. The smallest absolute Gasteiger partial charge is 0.0991 e. The Morgan fingerprint density at radius 1 is 0.246 bits per heavy atom. The highest BCUT2D eigenvalue weighted by Crippen LogP contribution is 2.65. The van der Waals surface area contributed by atoms with Crippen molar-refractivity contribution in [1.29, 1.82) is 10.5 Å². The molecule has 69 heavy (non-hydrogen) atoms. The number of benzene rings is 10. The first-order chi connectivity index (χ1) is 34.1. The first-order valence-corrected chi connectivity index (χ1v) is 23.7. The second-order valence-corrected chi connectivity index (χ2v) is 18.9. The fourth-order valence-electron chi connectivity index (χ4n) is 13.3. The molecule has 0 unspecified atom stereocenters. The highest BCUT2D eigenvalue weighted by Gasteiger charge is 2.54. The summed E-state index contributed by atoms with van der Waals surface area (Å²) in [4.78, 5) is 0. The second kappa shape index (κ2) is 14.5. The highest BCUT2D eigenvalue weighted by molar-refractivity contribution is 5.97. The Bertz CT molecular complexity index is 3570. The van der Waals surface area contributed by atoms with E-state index in [1.54, 1.807) is 0 Å². The average molecular weight is 873 g/mol. The molecule has 0 atom stereocenters. The van der Waals surface area contributed by atoms with Crippen LogP contribution in [0.15, 0.2) is 231 Å². The maximum absolute atomic E-state index is 10.5. The van der Waals surface area contributed by atoms with Gasteiger partial charge in [-0.05, 0) is 160 Å². The molecular formula is C67H40N2. The molecule has 10 aromatic rings. The van der Waals surface area contributed by atoms with Gasteiger partial charge < -0.3 is 0 Å². The minimum absolute atomic E-state index is 0.640. The van der Waals surface area contributed by atoms with Crippen LogP contribution in [0.4, 0.5) is 0 Å². The van der Waals surface area contributed by atoms with Crippen molar-refractivity contribution in [3.63, 3.8) is 0 Å². The van der Waals surface area contributed by atoms with Crippen LogP contribution in [-0.2, 0) is 16.2 Å². The summed E-state index contributed by atoms with van der Waals surface area (Å²) in [7, 11) is 0. The van der Waals surface area contributed by atoms with Crippen molar-refractivity contribution in [1.82, 2.24) is 0 Å². The summed E-state index contributed by atoms with van der Waals surface area (Å²) >= 11 is 0. The van der Waals surface area contributed by atoms with Gasteiger partial charge >= 0.3 is 0 Å². The molecule has 318 valence electrons. The summed E-state index contributed by atoms with van der Waals surface area (Å²) < 4.78 is 0. The molecule has 0 saturated heterocycles. The lowest BCUT2D eigenvalue weighted by Gasteiger charge is -2.38. The Balaban J connectivity index is 1.14. The van der Waals surface area contributed by atoms with E-state index in [2.05, 4.69) is 243 Å². The van der Waals surface area contributed by atoms with Crippen LogP contribution < -0.4 is 0 Å². The zero-order valence-electron chi connectivity index (χ0n) is 37.5. The van der Waals surface area contributed by atoms with Crippen LogP contribution in [0.25, 0.3) is 45.5 Å². The van der Waals surface area contributed by atoms with E-state index in [9.17, 15) is 10.5 Å². The number of hydrogen-bond donors (Lipinski definition) is 0. The zero-order chi connectivity index (χ0) is 45.9. The molecule has 4 aliphatic rings. The third-order valence-corrected chi connectivity index (χ3v) is 15.9. The largest absolute Gasteiger partial charge is 0.192 e. The van der Waals surface area contributed by atoms with Gasteiger partial charge in [0, 0.05) is 0 Å². The van der Waals surface area contributed by atoms with Crippen molar-refractivity contribution in [2.24, 2.45) is 0 Å². The quantitative estimate of drug-likeness (QED) is 0.177. The lowest BCUT2D eigenvalue weighted by atomic mass is 9.63. The van der Waals surface area contributed by atoms with E-state index in [0.717, 1.165) is 55.6 Å². The lowest BCUT2D eigenvalue weighted by Crippen LogP contribution is -2.32.